The molecule has 1 aliphatic carbocycles. The molecular weight excluding hydrogens is 334 g/mol. The Kier molecular flexibility index (Phi) is 5.26. The van der Waals surface area contributed by atoms with Crippen LogP contribution in [-0.4, -0.2) is 44.2 Å². The molecule has 0 fully saturated rings. The van der Waals surface area contributed by atoms with Crippen LogP contribution in [0, 0.1) is 0 Å². The number of aliphatic imine (C=N–C) groups is 1. The fraction of sp³-hybridized carbons (Fsp3) is 0.263. The number of nitrogens with zero attached hydrogens (tertiary/aromatic N) is 2. The van der Waals surface area contributed by atoms with Gasteiger partial charge in [0.25, 0.3) is 0 Å². The molecule has 3 N–H and O–H groups in total. The number of H-pyrrole nitrogens is 1. The van der Waals surface area contributed by atoms with Crippen LogP contribution in [0.2, 0.25) is 0 Å². The summed E-state index contributed by atoms with van der Waals surface area (Å²) in [6, 6.07) is 8.47. The van der Waals surface area contributed by atoms with E-state index in [9.17, 15) is 19.8 Å². The summed E-state index contributed by atoms with van der Waals surface area (Å²) in [6.07, 6.45) is 4.89. The molecule has 2 atom stereocenters. The minimum Gasteiger partial charge on any atom is -0.511 e. The van der Waals surface area contributed by atoms with Crippen LogP contribution in [-0.2, 0) is 16.0 Å². The second-order valence-corrected chi connectivity index (χ2v) is 6.21. The zero-order valence-electron chi connectivity index (χ0n) is 14.0. The molecule has 7 nitrogen and oxygen atoms in total. The number of hydrogen-bond acceptors (Lipinski definition) is 5. The monoisotopic (exact) mass is 353 g/mol. The summed E-state index contributed by atoms with van der Waals surface area (Å²) in [6.45, 7) is 0. The Morgan fingerprint density at radius 1 is 1.35 bits per heavy atom. The molecule has 0 saturated carbocycles. The Morgan fingerprint density at radius 2 is 2.12 bits per heavy atom. The molecule has 134 valence electrons. The van der Waals surface area contributed by atoms with Crippen LogP contribution in [0.15, 0.2) is 59.2 Å². The van der Waals surface area contributed by atoms with E-state index in [1.165, 1.54) is 18.7 Å². The van der Waals surface area contributed by atoms with Crippen LogP contribution in [0.25, 0.3) is 0 Å². The number of benzene rings is 1. The zero-order valence-corrected chi connectivity index (χ0v) is 14.0. The Bertz CT molecular complexity index is 841. The van der Waals surface area contributed by atoms with E-state index >= 15 is 0 Å². The summed E-state index contributed by atoms with van der Waals surface area (Å²) in [5.74, 6) is -1.48. The van der Waals surface area contributed by atoms with Gasteiger partial charge >= 0.3 is 5.97 Å². The highest BCUT2D eigenvalue weighted by Crippen LogP contribution is 2.32. The summed E-state index contributed by atoms with van der Waals surface area (Å²) < 4.78 is 0. The number of aliphatic hydroxyl groups is 1. The predicted octanol–water partition coefficient (Wildman–Crippen LogP) is 2.44. The minimum absolute atomic E-state index is 0.0514. The summed E-state index contributed by atoms with van der Waals surface area (Å²) in [7, 11) is 0. The number of carbonyl (C=O) groups is 2. The molecule has 0 radical (unpaired) electrons. The third-order valence-electron chi connectivity index (χ3n) is 4.39. The standard InChI is InChI=1S/C19H19N3O4/c23-17-6-13(12-4-2-1-3-5-12)7-18(24)15(17)10-21-16(19(25)26)8-14-9-20-11-22-14/h1-5,9-11,13,16,23H,6-8H2,(H,20,22)(H,25,26)/t13?,16-/m0/s1. The number of aromatic nitrogens is 2. The fourth-order valence-electron chi connectivity index (χ4n) is 2.99. The quantitative estimate of drug-likeness (QED) is 0.690. The first-order valence-corrected chi connectivity index (χ1v) is 8.28. The third kappa shape index (κ3) is 4.05. The molecule has 1 aliphatic rings. The molecule has 0 aliphatic heterocycles. The molecule has 0 saturated heterocycles. The van der Waals surface area contributed by atoms with Gasteiger partial charge in [0.05, 0.1) is 11.9 Å². The van der Waals surface area contributed by atoms with Crippen LogP contribution >= 0.6 is 0 Å². The Labute approximate surface area is 150 Å². The highest BCUT2D eigenvalue weighted by atomic mass is 16.4. The lowest BCUT2D eigenvalue weighted by atomic mass is 9.83. The van der Waals surface area contributed by atoms with Crippen molar-refractivity contribution < 1.29 is 19.8 Å². The third-order valence-corrected chi connectivity index (χ3v) is 4.39. The fourth-order valence-corrected chi connectivity index (χ4v) is 2.99. The molecule has 0 spiro atoms. The van der Waals surface area contributed by atoms with Gasteiger partial charge in [0, 0.05) is 37.4 Å². The van der Waals surface area contributed by atoms with E-state index < -0.39 is 12.0 Å². The number of rotatable bonds is 6. The Hall–Kier alpha value is -3.22. The molecule has 1 heterocycles. The van der Waals surface area contributed by atoms with Crippen LogP contribution < -0.4 is 0 Å². The van der Waals surface area contributed by atoms with Gasteiger partial charge in [-0.25, -0.2) is 9.78 Å². The number of ketones is 1. The average Bonchev–Trinajstić information content (AvgIpc) is 3.13. The normalized spacial score (nSPS) is 19.1. The number of aromatic amines is 1. The average molecular weight is 353 g/mol. The second kappa shape index (κ2) is 7.77. The van der Waals surface area contributed by atoms with E-state index in [1.54, 1.807) is 0 Å². The molecule has 26 heavy (non-hydrogen) atoms. The van der Waals surface area contributed by atoms with Crippen molar-refractivity contribution in [3.8, 4) is 0 Å². The van der Waals surface area contributed by atoms with Gasteiger partial charge in [-0.3, -0.25) is 9.79 Å². The van der Waals surface area contributed by atoms with Gasteiger partial charge in [0.15, 0.2) is 11.8 Å². The highest BCUT2D eigenvalue weighted by Gasteiger charge is 2.28. The Balaban J connectivity index is 1.76. The smallest absolute Gasteiger partial charge is 0.328 e. The number of Topliss-reactive ketones (excluding diaryl/α,β-unsaturated/α-hetero) is 1. The summed E-state index contributed by atoms with van der Waals surface area (Å²) in [5, 5.41) is 19.6. The van der Waals surface area contributed by atoms with Crippen molar-refractivity contribution in [1.82, 2.24) is 9.97 Å². The molecule has 7 heteroatoms. The van der Waals surface area contributed by atoms with Crippen molar-refractivity contribution in [2.75, 3.05) is 0 Å². The number of aliphatic hydroxyl groups excluding tert-OH is 1. The number of imidazole rings is 1. The summed E-state index contributed by atoms with van der Waals surface area (Å²) in [4.78, 5) is 34.5. The molecule has 1 unspecified atom stereocenters. The maximum atomic E-state index is 12.4. The largest absolute Gasteiger partial charge is 0.511 e. The second-order valence-electron chi connectivity index (χ2n) is 6.21. The van der Waals surface area contributed by atoms with E-state index in [4.69, 9.17) is 0 Å². The van der Waals surface area contributed by atoms with Crippen molar-refractivity contribution >= 4 is 18.0 Å². The molecule has 0 bridgehead atoms. The predicted molar refractivity (Wildman–Crippen MR) is 95.3 cm³/mol. The number of carbonyl (C=O) groups excluding carboxylic acids is 1. The van der Waals surface area contributed by atoms with Gasteiger partial charge in [-0.2, -0.15) is 0 Å². The lowest BCUT2D eigenvalue weighted by Crippen LogP contribution is -2.23. The number of hydrogen-bond donors (Lipinski definition) is 3. The number of aliphatic carboxylic acids is 1. The summed E-state index contributed by atoms with van der Waals surface area (Å²) >= 11 is 0. The SMILES string of the molecule is O=C1CC(c2ccccc2)CC(O)=C1C=N[C@@H](Cc1cnc[nH]1)C(=O)O. The van der Waals surface area contributed by atoms with E-state index in [0.29, 0.717) is 12.1 Å². The maximum absolute atomic E-state index is 12.4. The summed E-state index contributed by atoms with van der Waals surface area (Å²) in [5.41, 5.74) is 1.71. The van der Waals surface area contributed by atoms with Crippen molar-refractivity contribution in [1.29, 1.82) is 0 Å². The first kappa shape index (κ1) is 17.6. The molecular formula is C19H19N3O4. The van der Waals surface area contributed by atoms with E-state index in [2.05, 4.69) is 15.0 Å². The van der Waals surface area contributed by atoms with Gasteiger partial charge in [0.2, 0.25) is 0 Å². The van der Waals surface area contributed by atoms with E-state index in [0.717, 1.165) is 5.56 Å². The highest BCUT2D eigenvalue weighted by molar-refractivity contribution is 6.14. The van der Waals surface area contributed by atoms with Crippen LogP contribution in [0.5, 0.6) is 0 Å². The molecule has 3 rings (SSSR count). The maximum Gasteiger partial charge on any atom is 0.328 e. The topological polar surface area (TPSA) is 116 Å². The van der Waals surface area contributed by atoms with Crippen molar-refractivity contribution in [2.45, 2.75) is 31.2 Å². The lowest BCUT2D eigenvalue weighted by Gasteiger charge is -2.22. The van der Waals surface area contributed by atoms with Gasteiger partial charge < -0.3 is 15.2 Å². The van der Waals surface area contributed by atoms with Crippen molar-refractivity contribution in [3.63, 3.8) is 0 Å². The minimum atomic E-state index is -1.11. The zero-order chi connectivity index (χ0) is 18.5. The van der Waals surface area contributed by atoms with Crippen LogP contribution in [0.3, 0.4) is 0 Å². The van der Waals surface area contributed by atoms with Crippen LogP contribution in [0.1, 0.15) is 30.0 Å². The Morgan fingerprint density at radius 3 is 2.73 bits per heavy atom. The van der Waals surface area contributed by atoms with E-state index in [-0.39, 0.29) is 35.9 Å². The van der Waals surface area contributed by atoms with Gasteiger partial charge in [-0.1, -0.05) is 30.3 Å². The molecule has 0 amide bonds. The number of carboxylic acid groups (broad SMARTS) is 1. The first-order valence-electron chi connectivity index (χ1n) is 8.28. The number of allylic oxidation sites excluding steroid dienone is 2. The first-order chi connectivity index (χ1) is 12.5. The van der Waals surface area contributed by atoms with Gasteiger partial charge in [-0.05, 0) is 11.5 Å². The molecule has 2 aromatic rings. The van der Waals surface area contributed by atoms with E-state index in [1.807, 2.05) is 30.3 Å². The number of nitrogens with one attached hydrogen (secondary N) is 1. The van der Waals surface area contributed by atoms with Gasteiger partial charge in [-0.15, -0.1) is 0 Å². The molecule has 1 aromatic heterocycles. The molecule has 1 aromatic carbocycles. The van der Waals surface area contributed by atoms with Crippen molar-refractivity contribution in [2.24, 2.45) is 4.99 Å². The van der Waals surface area contributed by atoms with Gasteiger partial charge in [0.1, 0.15) is 5.76 Å². The lowest BCUT2D eigenvalue weighted by molar-refractivity contribution is -0.138. The van der Waals surface area contributed by atoms with Crippen LogP contribution in [0.4, 0.5) is 0 Å². The number of carboxylic acids is 1. The van der Waals surface area contributed by atoms with Crippen molar-refractivity contribution in [3.05, 3.63) is 65.4 Å².